The highest BCUT2D eigenvalue weighted by atomic mass is 16.6. The molecule has 2 atom stereocenters. The van der Waals surface area contributed by atoms with Crippen molar-refractivity contribution in [1.29, 1.82) is 0 Å². The third-order valence-electron chi connectivity index (χ3n) is 4.35. The summed E-state index contributed by atoms with van der Waals surface area (Å²) >= 11 is 0. The Bertz CT molecular complexity index is 712. The van der Waals surface area contributed by atoms with Crippen LogP contribution >= 0.6 is 0 Å². The normalized spacial score (nSPS) is 17.8. The van der Waals surface area contributed by atoms with E-state index in [1.54, 1.807) is 52.0 Å². The third kappa shape index (κ3) is 5.95. The number of aliphatic hydroxyl groups is 1. The highest BCUT2D eigenvalue weighted by Crippen LogP contribution is 2.21. The van der Waals surface area contributed by atoms with Gasteiger partial charge in [0.05, 0.1) is 6.61 Å². The predicted molar refractivity (Wildman–Crippen MR) is 105 cm³/mol. The summed E-state index contributed by atoms with van der Waals surface area (Å²) in [6.07, 6.45) is 0.607. The van der Waals surface area contributed by atoms with Crippen molar-refractivity contribution in [2.24, 2.45) is 0 Å². The van der Waals surface area contributed by atoms with Gasteiger partial charge < -0.3 is 25.4 Å². The number of likely N-dealkylation sites (tertiary alicyclic amines) is 1. The molecule has 0 radical (unpaired) electrons. The molecule has 0 unspecified atom stereocenters. The molecule has 0 aromatic heterocycles. The largest absolute Gasteiger partial charge is 0.444 e. The van der Waals surface area contributed by atoms with E-state index < -0.39 is 23.8 Å². The molecule has 1 fully saturated rings. The third-order valence-corrected chi connectivity index (χ3v) is 4.35. The molecule has 1 aromatic rings. The number of anilines is 1. The number of nitrogens with zero attached hydrogens (tertiary/aromatic N) is 1. The standard InChI is InChI=1S/C20H29N3O5/c1-13(21-19(27)28-20(2,3)4)18(26)23-11-5-6-16(23)17(25)22-15-9-7-14(12-24)8-10-15/h7-10,13,16,24H,5-6,11-12H2,1-4H3,(H,21,27)(H,22,25)/t13-,16+/m1/s1. The molecule has 1 aromatic carbocycles. The Hall–Kier alpha value is -2.61. The molecule has 1 aliphatic heterocycles. The zero-order valence-corrected chi connectivity index (χ0v) is 16.8. The first-order valence-corrected chi connectivity index (χ1v) is 9.41. The minimum absolute atomic E-state index is 0.0678. The fraction of sp³-hybridized carbons (Fsp3) is 0.550. The summed E-state index contributed by atoms with van der Waals surface area (Å²) in [7, 11) is 0. The van der Waals surface area contributed by atoms with Crippen molar-refractivity contribution < 1.29 is 24.2 Å². The van der Waals surface area contributed by atoms with Gasteiger partial charge in [-0.15, -0.1) is 0 Å². The van der Waals surface area contributed by atoms with Crippen molar-refractivity contribution in [3.63, 3.8) is 0 Å². The molecular weight excluding hydrogens is 362 g/mol. The molecule has 0 bridgehead atoms. The topological polar surface area (TPSA) is 108 Å². The maximum Gasteiger partial charge on any atom is 0.408 e. The molecule has 2 rings (SSSR count). The van der Waals surface area contributed by atoms with Gasteiger partial charge >= 0.3 is 6.09 Å². The van der Waals surface area contributed by atoms with Crippen molar-refractivity contribution >= 4 is 23.6 Å². The van der Waals surface area contributed by atoms with Gasteiger partial charge in [0.2, 0.25) is 11.8 Å². The van der Waals surface area contributed by atoms with Gasteiger partial charge in [0.25, 0.3) is 0 Å². The molecule has 8 heteroatoms. The highest BCUT2D eigenvalue weighted by molar-refractivity contribution is 5.98. The molecular formula is C20H29N3O5. The van der Waals surface area contributed by atoms with Gasteiger partial charge in [-0.25, -0.2) is 4.79 Å². The van der Waals surface area contributed by atoms with E-state index in [-0.39, 0.29) is 18.4 Å². The molecule has 0 aliphatic carbocycles. The summed E-state index contributed by atoms with van der Waals surface area (Å²) in [5.74, 6) is -0.591. The van der Waals surface area contributed by atoms with Crippen LogP contribution < -0.4 is 10.6 Å². The van der Waals surface area contributed by atoms with Crippen molar-refractivity contribution in [2.75, 3.05) is 11.9 Å². The SMILES string of the molecule is C[C@@H](NC(=O)OC(C)(C)C)C(=O)N1CCC[C@H]1C(=O)Nc1ccc(CO)cc1. The average molecular weight is 391 g/mol. The van der Waals surface area contributed by atoms with E-state index in [1.165, 1.54) is 4.90 Å². The van der Waals surface area contributed by atoms with E-state index in [2.05, 4.69) is 10.6 Å². The Balaban J connectivity index is 1.97. The van der Waals surface area contributed by atoms with Gasteiger partial charge in [-0.3, -0.25) is 9.59 Å². The first-order valence-electron chi connectivity index (χ1n) is 9.41. The molecule has 1 saturated heterocycles. The number of amides is 3. The van der Waals surface area contributed by atoms with Crippen LogP contribution in [0, 0.1) is 0 Å². The van der Waals surface area contributed by atoms with Gasteiger partial charge in [-0.2, -0.15) is 0 Å². The number of rotatable bonds is 5. The summed E-state index contributed by atoms with van der Waals surface area (Å²) in [4.78, 5) is 38.8. The lowest BCUT2D eigenvalue weighted by Crippen LogP contribution is -2.52. The smallest absolute Gasteiger partial charge is 0.408 e. The zero-order chi connectivity index (χ0) is 20.9. The number of alkyl carbamates (subject to hydrolysis) is 1. The van der Waals surface area contributed by atoms with Crippen LogP contribution in [-0.2, 0) is 20.9 Å². The second-order valence-corrected chi connectivity index (χ2v) is 7.90. The van der Waals surface area contributed by atoms with Gasteiger partial charge in [-0.05, 0) is 58.2 Å². The van der Waals surface area contributed by atoms with Crippen molar-refractivity contribution in [2.45, 2.75) is 64.8 Å². The molecule has 3 N–H and O–H groups in total. The second-order valence-electron chi connectivity index (χ2n) is 7.90. The highest BCUT2D eigenvalue weighted by Gasteiger charge is 2.36. The lowest BCUT2D eigenvalue weighted by molar-refractivity contribution is -0.138. The number of ether oxygens (including phenoxy) is 1. The Kier molecular flexibility index (Phi) is 7.01. The lowest BCUT2D eigenvalue weighted by atomic mass is 10.1. The van der Waals surface area contributed by atoms with Crippen LogP contribution in [-0.4, -0.2) is 52.1 Å². The molecule has 28 heavy (non-hydrogen) atoms. The maximum atomic E-state index is 12.7. The molecule has 3 amide bonds. The number of benzene rings is 1. The number of carbonyl (C=O) groups excluding carboxylic acids is 3. The lowest BCUT2D eigenvalue weighted by Gasteiger charge is -2.28. The van der Waals surface area contributed by atoms with Crippen LogP contribution in [0.3, 0.4) is 0 Å². The van der Waals surface area contributed by atoms with Crippen molar-refractivity contribution in [3.05, 3.63) is 29.8 Å². The quantitative estimate of drug-likeness (QED) is 0.712. The predicted octanol–water partition coefficient (Wildman–Crippen LogP) is 2.02. The Morgan fingerprint density at radius 1 is 1.25 bits per heavy atom. The van der Waals surface area contributed by atoms with E-state index in [0.717, 1.165) is 5.56 Å². The van der Waals surface area contributed by atoms with Crippen molar-refractivity contribution in [1.82, 2.24) is 10.2 Å². The summed E-state index contributed by atoms with van der Waals surface area (Å²) in [6, 6.07) is 5.47. The second kappa shape index (κ2) is 9.05. The van der Waals surface area contributed by atoms with E-state index in [9.17, 15) is 14.4 Å². The fourth-order valence-corrected chi connectivity index (χ4v) is 3.02. The summed E-state index contributed by atoms with van der Waals surface area (Å²) < 4.78 is 5.18. The molecule has 1 heterocycles. The molecule has 1 aliphatic rings. The van der Waals surface area contributed by atoms with Crippen molar-refractivity contribution in [3.8, 4) is 0 Å². The molecule has 0 spiro atoms. The van der Waals surface area contributed by atoms with Crippen LogP contribution in [0.5, 0.6) is 0 Å². The number of hydrogen-bond donors (Lipinski definition) is 3. The van der Waals surface area contributed by atoms with Crippen LogP contribution in [0.2, 0.25) is 0 Å². The Labute approximate surface area is 165 Å². The minimum Gasteiger partial charge on any atom is -0.444 e. The number of aliphatic hydroxyl groups excluding tert-OH is 1. The maximum absolute atomic E-state index is 12.7. The van der Waals surface area contributed by atoms with E-state index >= 15 is 0 Å². The van der Waals surface area contributed by atoms with Gasteiger partial charge in [0.15, 0.2) is 0 Å². The number of hydrogen-bond acceptors (Lipinski definition) is 5. The van der Waals surface area contributed by atoms with Crippen LogP contribution in [0.25, 0.3) is 0 Å². The average Bonchev–Trinajstić information content (AvgIpc) is 3.09. The van der Waals surface area contributed by atoms with Crippen LogP contribution in [0.4, 0.5) is 10.5 Å². The number of nitrogens with one attached hydrogen (secondary N) is 2. The number of carbonyl (C=O) groups is 3. The molecule has 0 saturated carbocycles. The molecule has 8 nitrogen and oxygen atoms in total. The Morgan fingerprint density at radius 2 is 1.89 bits per heavy atom. The monoisotopic (exact) mass is 391 g/mol. The fourth-order valence-electron chi connectivity index (χ4n) is 3.02. The van der Waals surface area contributed by atoms with Crippen LogP contribution in [0.15, 0.2) is 24.3 Å². The van der Waals surface area contributed by atoms with E-state index in [4.69, 9.17) is 9.84 Å². The van der Waals surface area contributed by atoms with E-state index in [1.807, 2.05) is 0 Å². The summed E-state index contributed by atoms with van der Waals surface area (Å²) in [6.45, 7) is 7.20. The van der Waals surface area contributed by atoms with Gasteiger partial charge in [0.1, 0.15) is 17.7 Å². The van der Waals surface area contributed by atoms with Gasteiger partial charge in [-0.1, -0.05) is 12.1 Å². The van der Waals surface area contributed by atoms with Gasteiger partial charge in [0, 0.05) is 12.2 Å². The minimum atomic E-state index is -0.799. The van der Waals surface area contributed by atoms with E-state index in [0.29, 0.717) is 25.1 Å². The Morgan fingerprint density at radius 3 is 2.46 bits per heavy atom. The van der Waals surface area contributed by atoms with Crippen LogP contribution in [0.1, 0.15) is 46.1 Å². The first-order chi connectivity index (χ1) is 13.1. The first kappa shape index (κ1) is 21.7. The summed E-state index contributed by atoms with van der Waals surface area (Å²) in [5, 5.41) is 14.4. The zero-order valence-electron chi connectivity index (χ0n) is 16.8. The summed E-state index contributed by atoms with van der Waals surface area (Å²) in [5.41, 5.74) is 0.688. The molecule has 154 valence electrons.